The van der Waals surface area contributed by atoms with Gasteiger partial charge in [-0.1, -0.05) is 23.7 Å². The van der Waals surface area contributed by atoms with E-state index in [9.17, 15) is 4.79 Å². The van der Waals surface area contributed by atoms with E-state index in [0.717, 1.165) is 32.5 Å². The minimum absolute atomic E-state index is 0.00787. The predicted molar refractivity (Wildman–Crippen MR) is 88.4 cm³/mol. The quantitative estimate of drug-likeness (QED) is 0.921. The van der Waals surface area contributed by atoms with Crippen molar-refractivity contribution in [2.24, 2.45) is 5.92 Å². The van der Waals surface area contributed by atoms with Crippen molar-refractivity contribution in [1.82, 2.24) is 15.2 Å². The number of benzene rings is 1. The van der Waals surface area contributed by atoms with Gasteiger partial charge in [-0.15, -0.1) is 0 Å². The number of amides is 1. The third-order valence-electron chi connectivity index (χ3n) is 4.70. The Hall–Kier alpha value is -2.05. The van der Waals surface area contributed by atoms with Crippen LogP contribution in [0.5, 0.6) is 11.7 Å². The zero-order chi connectivity index (χ0) is 16.5. The molecule has 1 aromatic carbocycles. The fraction of sp³-hybridized carbons (Fsp3) is 0.412. The number of para-hydroxylation sites is 1. The fourth-order valence-electron chi connectivity index (χ4n) is 3.41. The molecule has 1 aromatic heterocycles. The lowest BCUT2D eigenvalue weighted by Gasteiger charge is -2.44. The first kappa shape index (κ1) is 15.5. The second-order valence-electron chi connectivity index (χ2n) is 6.23. The Morgan fingerprint density at radius 1 is 1.33 bits per heavy atom. The molecule has 1 amide bonds. The molecule has 2 aromatic rings. The zero-order valence-electron chi connectivity index (χ0n) is 13.1. The van der Waals surface area contributed by atoms with E-state index in [1.165, 1.54) is 6.20 Å². The van der Waals surface area contributed by atoms with E-state index in [0.29, 0.717) is 16.7 Å². The number of oxazole rings is 1. The summed E-state index contributed by atoms with van der Waals surface area (Å²) in [5.74, 6) is 0.853. The van der Waals surface area contributed by atoms with Crippen LogP contribution in [0, 0.1) is 5.92 Å². The molecular formula is C17H18ClN3O3. The Morgan fingerprint density at radius 2 is 2.12 bits per heavy atom. The van der Waals surface area contributed by atoms with Crippen molar-refractivity contribution < 1.29 is 13.9 Å². The molecule has 3 aliphatic rings. The number of piperidine rings is 3. The molecule has 3 saturated heterocycles. The molecule has 6 nitrogen and oxygen atoms in total. The normalized spacial score (nSPS) is 25.5. The van der Waals surface area contributed by atoms with E-state index in [2.05, 4.69) is 15.2 Å². The first-order valence-corrected chi connectivity index (χ1v) is 8.48. The first-order chi connectivity index (χ1) is 11.7. The maximum absolute atomic E-state index is 12.4. The summed E-state index contributed by atoms with van der Waals surface area (Å²) < 4.78 is 10.9. The van der Waals surface area contributed by atoms with E-state index >= 15 is 0 Å². The number of rotatable bonds is 4. The van der Waals surface area contributed by atoms with Crippen LogP contribution in [0.1, 0.15) is 23.5 Å². The molecule has 0 radical (unpaired) electrons. The van der Waals surface area contributed by atoms with Crippen LogP contribution in [-0.2, 0) is 0 Å². The third kappa shape index (κ3) is 3.12. The molecule has 126 valence electrons. The zero-order valence-corrected chi connectivity index (χ0v) is 13.8. The van der Waals surface area contributed by atoms with Crippen LogP contribution in [0.4, 0.5) is 0 Å². The van der Waals surface area contributed by atoms with Crippen LogP contribution in [0.3, 0.4) is 0 Å². The first-order valence-electron chi connectivity index (χ1n) is 8.10. The number of hydrogen-bond donors (Lipinski definition) is 1. The van der Waals surface area contributed by atoms with Crippen LogP contribution in [0.2, 0.25) is 5.02 Å². The summed E-state index contributed by atoms with van der Waals surface area (Å²) in [5.41, 5.74) is 0. The van der Waals surface area contributed by atoms with Gasteiger partial charge in [-0.3, -0.25) is 4.79 Å². The number of nitrogens with zero attached hydrogens (tertiary/aromatic N) is 2. The molecule has 4 heterocycles. The number of ether oxygens (including phenoxy) is 1. The van der Waals surface area contributed by atoms with Gasteiger partial charge in [0.25, 0.3) is 5.89 Å². The molecule has 3 fully saturated rings. The predicted octanol–water partition coefficient (Wildman–Crippen LogP) is 2.94. The van der Waals surface area contributed by atoms with Gasteiger partial charge in [0, 0.05) is 12.6 Å². The summed E-state index contributed by atoms with van der Waals surface area (Å²) in [6.45, 7) is 3.16. The molecule has 0 aliphatic carbocycles. The number of hydrogen-bond acceptors (Lipinski definition) is 5. The highest BCUT2D eigenvalue weighted by molar-refractivity contribution is 6.32. The molecular weight excluding hydrogens is 330 g/mol. The highest BCUT2D eigenvalue weighted by Gasteiger charge is 2.35. The van der Waals surface area contributed by atoms with Crippen LogP contribution < -0.4 is 10.1 Å². The van der Waals surface area contributed by atoms with E-state index in [1.807, 2.05) is 6.07 Å². The maximum atomic E-state index is 12.4. The molecule has 24 heavy (non-hydrogen) atoms. The van der Waals surface area contributed by atoms with Crippen molar-refractivity contribution >= 4 is 17.5 Å². The lowest BCUT2D eigenvalue weighted by Crippen LogP contribution is -2.57. The van der Waals surface area contributed by atoms with Crippen LogP contribution >= 0.6 is 11.6 Å². The van der Waals surface area contributed by atoms with Crippen molar-refractivity contribution in [3.8, 4) is 11.7 Å². The fourth-order valence-corrected chi connectivity index (χ4v) is 3.58. The average molecular weight is 348 g/mol. The molecule has 7 heteroatoms. The lowest BCUT2D eigenvalue weighted by molar-refractivity contribution is 0.0599. The van der Waals surface area contributed by atoms with Crippen LogP contribution in [0.15, 0.2) is 34.9 Å². The maximum Gasteiger partial charge on any atom is 0.311 e. The number of carbonyl (C=O) groups excluding carboxylic acids is 1. The van der Waals surface area contributed by atoms with E-state index in [-0.39, 0.29) is 23.8 Å². The number of fused-ring (bicyclic) bond motifs is 3. The Labute approximate surface area is 144 Å². The second-order valence-corrected chi connectivity index (χ2v) is 6.64. The summed E-state index contributed by atoms with van der Waals surface area (Å²) in [4.78, 5) is 18.7. The third-order valence-corrected chi connectivity index (χ3v) is 5.01. The van der Waals surface area contributed by atoms with Crippen molar-refractivity contribution in [2.75, 3.05) is 19.6 Å². The molecule has 0 spiro atoms. The van der Waals surface area contributed by atoms with Gasteiger partial charge >= 0.3 is 11.9 Å². The van der Waals surface area contributed by atoms with E-state index in [1.54, 1.807) is 18.2 Å². The molecule has 2 bridgehead atoms. The molecule has 3 aliphatic heterocycles. The summed E-state index contributed by atoms with van der Waals surface area (Å²) in [6, 6.07) is 7.22. The van der Waals surface area contributed by atoms with Gasteiger partial charge in [0.15, 0.2) is 0 Å². The second kappa shape index (κ2) is 6.45. The van der Waals surface area contributed by atoms with Gasteiger partial charge in [0.2, 0.25) is 0 Å². The van der Waals surface area contributed by atoms with Crippen molar-refractivity contribution in [1.29, 1.82) is 0 Å². The minimum Gasteiger partial charge on any atom is -0.423 e. The highest BCUT2D eigenvalue weighted by Crippen LogP contribution is 2.30. The summed E-state index contributed by atoms with van der Waals surface area (Å²) in [7, 11) is 0. The molecule has 1 atom stereocenters. The monoisotopic (exact) mass is 347 g/mol. The summed E-state index contributed by atoms with van der Waals surface area (Å²) in [5, 5.41) is 3.50. The summed E-state index contributed by atoms with van der Waals surface area (Å²) >= 11 is 6.04. The number of nitrogens with one attached hydrogen (secondary N) is 1. The Kier molecular flexibility index (Phi) is 4.16. The molecule has 0 saturated carbocycles. The van der Waals surface area contributed by atoms with E-state index in [4.69, 9.17) is 20.8 Å². The van der Waals surface area contributed by atoms with Crippen molar-refractivity contribution in [3.05, 3.63) is 41.4 Å². The van der Waals surface area contributed by atoms with Crippen molar-refractivity contribution in [2.45, 2.75) is 18.9 Å². The van der Waals surface area contributed by atoms with Crippen LogP contribution in [-0.4, -0.2) is 41.5 Å². The number of aromatic nitrogens is 1. The molecule has 0 unspecified atom stereocenters. The van der Waals surface area contributed by atoms with Crippen molar-refractivity contribution in [3.63, 3.8) is 0 Å². The summed E-state index contributed by atoms with van der Waals surface area (Å²) in [6.07, 6.45) is 3.66. The van der Waals surface area contributed by atoms with Gasteiger partial charge in [-0.2, -0.15) is 0 Å². The largest absolute Gasteiger partial charge is 0.423 e. The van der Waals surface area contributed by atoms with Crippen LogP contribution in [0.25, 0.3) is 0 Å². The minimum atomic E-state index is -0.303. The van der Waals surface area contributed by atoms with Gasteiger partial charge in [-0.05, 0) is 44.0 Å². The number of carbonyl (C=O) groups is 1. The highest BCUT2D eigenvalue weighted by atomic mass is 35.5. The topological polar surface area (TPSA) is 67.6 Å². The Morgan fingerprint density at radius 3 is 2.83 bits per heavy atom. The van der Waals surface area contributed by atoms with Gasteiger partial charge < -0.3 is 19.4 Å². The SMILES string of the molecule is O=C(N[C@H]1CN2CCC1CC2)c1ncc(Oc2ccccc2Cl)o1. The van der Waals surface area contributed by atoms with Gasteiger partial charge in [-0.25, -0.2) is 4.98 Å². The Bertz CT molecular complexity index is 740. The lowest BCUT2D eigenvalue weighted by atomic mass is 9.84. The number of halogens is 1. The van der Waals surface area contributed by atoms with Gasteiger partial charge in [0.1, 0.15) is 11.9 Å². The smallest absolute Gasteiger partial charge is 0.311 e. The molecule has 5 rings (SSSR count). The van der Waals surface area contributed by atoms with Gasteiger partial charge in [0.05, 0.1) is 5.02 Å². The standard InChI is InChI=1S/C17H18ClN3O3/c18-12-3-1-2-4-14(12)23-15-9-19-17(24-15)16(22)20-13-10-21-7-5-11(13)6-8-21/h1-4,9,11,13H,5-8,10H2,(H,20,22)/t13-/m0/s1. The van der Waals surface area contributed by atoms with E-state index < -0.39 is 0 Å². The average Bonchev–Trinajstić information content (AvgIpc) is 3.07. The molecule has 1 N–H and O–H groups in total. The Balaban J connectivity index is 1.41.